The Kier molecular flexibility index (Phi) is 4.20. The second-order valence-corrected chi connectivity index (χ2v) is 16.7. The van der Waals surface area contributed by atoms with Crippen LogP contribution in [-0.2, 0) is 10.8 Å². The molecule has 0 spiro atoms. The smallest absolute Gasteiger partial charge is 0.375 e. The summed E-state index contributed by atoms with van der Waals surface area (Å²) in [6.07, 6.45) is 0. The van der Waals surface area contributed by atoms with Gasteiger partial charge in [0, 0.05) is 50.0 Å². The summed E-state index contributed by atoms with van der Waals surface area (Å²) < 4.78 is 180. The number of fused-ring (bicyclic) bond motifs is 9. The fourth-order valence-electron chi connectivity index (χ4n) is 8.75. The average molecular weight is 756 g/mol. The molecule has 0 N–H and O–H groups in total. The molecule has 7 aromatic carbocycles. The average Bonchev–Trinajstić information content (AvgIpc) is 4.13. The Morgan fingerprint density at radius 1 is 0.632 bits per heavy atom. The molecule has 0 amide bonds. The van der Waals surface area contributed by atoms with Crippen molar-refractivity contribution in [1.29, 1.82) is 0 Å². The van der Waals surface area contributed by atoms with E-state index in [0.29, 0.717) is 44.1 Å². The Hall–Kier alpha value is -6.26. The number of benzene rings is 7. The molecule has 0 aliphatic carbocycles. The maximum absolute atomic E-state index is 9.45. The summed E-state index contributed by atoms with van der Waals surface area (Å²) in [7, 11) is 0. The van der Waals surface area contributed by atoms with Crippen molar-refractivity contribution < 1.29 is 30.5 Å². The highest BCUT2D eigenvalue weighted by molar-refractivity contribution is 6.89. The lowest BCUT2D eigenvalue weighted by atomic mass is 9.47. The zero-order valence-electron chi connectivity index (χ0n) is 51.0. The Labute approximate surface area is 362 Å². The maximum Gasteiger partial charge on any atom is 0.375 e. The van der Waals surface area contributed by atoms with Gasteiger partial charge in [-0.1, -0.05) is 150 Å². The summed E-state index contributed by atoms with van der Waals surface area (Å²) in [5, 5.41) is 0.848. The largest absolute Gasteiger partial charge is 0.466 e. The van der Waals surface area contributed by atoms with Crippen molar-refractivity contribution in [3.8, 4) is 11.1 Å². The van der Waals surface area contributed by atoms with Crippen LogP contribution in [0.2, 0.25) is 0 Å². The lowest BCUT2D eigenvalue weighted by Crippen LogP contribution is -2.56. The molecule has 2 aliphatic heterocycles. The van der Waals surface area contributed by atoms with E-state index in [1.165, 1.54) is 4.90 Å². The van der Waals surface area contributed by atoms with E-state index in [1.54, 1.807) is 18.2 Å². The molecule has 0 unspecified atom stereocenters. The fraction of sp³-hybridized carbons (Fsp3) is 0.170. The van der Waals surface area contributed by atoms with Gasteiger partial charge in [-0.2, -0.15) is 0 Å². The molecular formula is C53H45BN2O. The number of anilines is 3. The predicted molar refractivity (Wildman–Crippen MR) is 241 cm³/mol. The number of aromatic nitrogens is 1. The molecule has 4 heterocycles. The van der Waals surface area contributed by atoms with Crippen molar-refractivity contribution in [3.63, 3.8) is 0 Å². The van der Waals surface area contributed by atoms with Gasteiger partial charge in [0.05, 0.1) is 31.7 Å². The number of hydrogen-bond acceptors (Lipinski definition) is 2. The monoisotopic (exact) mass is 755 g/mol. The zero-order valence-corrected chi connectivity index (χ0v) is 32.0. The first kappa shape index (κ1) is 19.7. The van der Waals surface area contributed by atoms with Crippen LogP contribution in [0.25, 0.3) is 43.9 Å². The Morgan fingerprint density at radius 2 is 1.23 bits per heavy atom. The van der Waals surface area contributed by atoms with Crippen molar-refractivity contribution in [2.24, 2.45) is 0 Å². The lowest BCUT2D eigenvalue weighted by Gasteiger charge is -2.39. The third-order valence-corrected chi connectivity index (χ3v) is 11.4. The third-order valence-electron chi connectivity index (χ3n) is 11.4. The van der Waals surface area contributed by atoms with Crippen LogP contribution < -0.4 is 16.0 Å². The van der Waals surface area contributed by atoms with Gasteiger partial charge in [0.15, 0.2) is 0 Å². The first-order chi connectivity index (χ1) is 35.4. The van der Waals surface area contributed by atoms with E-state index in [2.05, 4.69) is 0 Å². The van der Waals surface area contributed by atoms with Crippen LogP contribution in [0, 0.1) is 0 Å². The molecule has 57 heavy (non-hydrogen) atoms. The standard InChI is InChI=1S/C53H45BN2O/c1-52(2,3)35-30-41-40-29-36(53(4,5)6)32-44-48(40)54(51-50(38-25-16-17-28-45(38)57-51)55(44)37-23-14-9-15-24-37)56-43-27-18-26-39(47(43)42(31-35)49(41)56)46(33-19-10-7-11-20-33)34-21-12-8-13-22-34/h7-32,46H,1-6H3/i7D,8D,9D,10D,11D,12D,13D,14D,15D,16D,17D,19D,20D,21D,22D,23D,24D,25D,28D. The summed E-state index contributed by atoms with van der Waals surface area (Å²) in [6.45, 7) is 11.0. The SMILES string of the molecule is [2H]c1c([2H])c([2H])c(C(c2c([2H])c([2H])c([2H])c([2H])c2[2H])c2cccc3c2c2cc(C(C)(C)C)cc4c2n3B2c3oc5c([2H])c([2H])c([2H])c([2H])c5c3N(c3c([2H])c([2H])c([2H])c([2H])c3[2H])c3cc(C(C)(C)C)cc-4c32)c([2H])c1[2H]. The van der Waals surface area contributed by atoms with Crippen LogP contribution in [0.4, 0.5) is 17.1 Å². The van der Waals surface area contributed by atoms with Crippen LogP contribution in [0.5, 0.6) is 0 Å². The van der Waals surface area contributed by atoms with Gasteiger partial charge in [-0.05, 0) is 98.1 Å². The summed E-state index contributed by atoms with van der Waals surface area (Å²) in [4.78, 5) is 1.46. The summed E-state index contributed by atoms with van der Waals surface area (Å²) in [6, 6.07) is 0.861. The molecule has 0 bridgehead atoms. The first-order valence-electron chi connectivity index (χ1n) is 28.3. The minimum Gasteiger partial charge on any atom is -0.466 e. The van der Waals surface area contributed by atoms with Crippen LogP contribution in [-0.4, -0.2) is 11.3 Å². The Morgan fingerprint density at radius 3 is 1.89 bits per heavy atom. The molecule has 0 fully saturated rings. The number of rotatable bonds is 4. The van der Waals surface area contributed by atoms with Gasteiger partial charge < -0.3 is 13.8 Å². The van der Waals surface area contributed by atoms with Crippen molar-refractivity contribution in [1.82, 2.24) is 4.48 Å². The van der Waals surface area contributed by atoms with Crippen molar-refractivity contribution in [2.75, 3.05) is 4.90 Å². The zero-order chi connectivity index (χ0) is 55.3. The van der Waals surface area contributed by atoms with Crippen LogP contribution in [0.1, 0.15) is 101 Å². The second-order valence-electron chi connectivity index (χ2n) is 16.7. The van der Waals surface area contributed by atoms with E-state index < -0.39 is 138 Å². The van der Waals surface area contributed by atoms with Crippen LogP contribution >= 0.6 is 0 Å². The fourth-order valence-corrected chi connectivity index (χ4v) is 8.75. The van der Waals surface area contributed by atoms with E-state index in [0.717, 1.165) is 11.1 Å². The predicted octanol–water partition coefficient (Wildman–Crippen LogP) is 12.7. The molecule has 2 aromatic heterocycles. The highest BCUT2D eigenvalue weighted by Gasteiger charge is 2.47. The van der Waals surface area contributed by atoms with E-state index in [9.17, 15) is 11.0 Å². The van der Waals surface area contributed by atoms with E-state index in [4.69, 9.17) is 19.5 Å². The summed E-state index contributed by atoms with van der Waals surface area (Å²) in [5.74, 6) is -1.60. The third kappa shape index (κ3) is 4.99. The highest BCUT2D eigenvalue weighted by atomic mass is 16.3. The van der Waals surface area contributed by atoms with Gasteiger partial charge in [-0.15, -0.1) is 0 Å². The number of para-hydroxylation sites is 2. The topological polar surface area (TPSA) is 21.3 Å². The van der Waals surface area contributed by atoms with Gasteiger partial charge in [-0.25, -0.2) is 0 Å². The molecule has 0 saturated carbocycles. The van der Waals surface area contributed by atoms with Gasteiger partial charge in [0.2, 0.25) is 0 Å². The van der Waals surface area contributed by atoms with Gasteiger partial charge in [0.25, 0.3) is 0 Å². The maximum atomic E-state index is 9.45. The summed E-state index contributed by atoms with van der Waals surface area (Å²) in [5.41, 5.74) is 2.50. The Balaban J connectivity index is 1.41. The van der Waals surface area contributed by atoms with Crippen molar-refractivity contribution in [3.05, 3.63) is 185 Å². The number of furan rings is 1. The van der Waals surface area contributed by atoms with Crippen molar-refractivity contribution >= 4 is 67.8 Å². The Bertz CT molecular complexity index is 4010. The number of nitrogens with zero attached hydrogens (tertiary/aromatic N) is 2. The summed E-state index contributed by atoms with van der Waals surface area (Å²) >= 11 is 0. The molecule has 11 rings (SSSR count). The van der Waals surface area contributed by atoms with E-state index >= 15 is 0 Å². The van der Waals surface area contributed by atoms with Gasteiger partial charge in [-0.3, -0.25) is 0 Å². The molecule has 9 aromatic rings. The van der Waals surface area contributed by atoms with Crippen LogP contribution in [0.3, 0.4) is 0 Å². The van der Waals surface area contributed by atoms with E-state index in [1.807, 2.05) is 70.3 Å². The molecule has 3 nitrogen and oxygen atoms in total. The lowest BCUT2D eigenvalue weighted by molar-refractivity contribution is 0.590. The minimum atomic E-state index is -1.60. The molecule has 276 valence electrons. The molecular weight excluding hydrogens is 691 g/mol. The number of hydrogen-bond donors (Lipinski definition) is 0. The second kappa shape index (κ2) is 12.1. The normalized spacial score (nSPS) is 18.2. The van der Waals surface area contributed by atoms with Crippen LogP contribution in [0.15, 0.2) is 162 Å². The quantitative estimate of drug-likeness (QED) is 0.132. The highest BCUT2D eigenvalue weighted by Crippen LogP contribution is 2.51. The molecule has 0 radical (unpaired) electrons. The molecule has 4 heteroatoms. The molecule has 0 atom stereocenters. The van der Waals surface area contributed by atoms with Gasteiger partial charge >= 0.3 is 6.85 Å². The first-order valence-corrected chi connectivity index (χ1v) is 18.8. The molecule has 2 aliphatic rings. The van der Waals surface area contributed by atoms with E-state index in [-0.39, 0.29) is 44.7 Å². The molecule has 0 saturated heterocycles. The van der Waals surface area contributed by atoms with Crippen molar-refractivity contribution in [2.45, 2.75) is 58.3 Å². The van der Waals surface area contributed by atoms with Gasteiger partial charge in [0.1, 0.15) is 11.2 Å². The minimum absolute atomic E-state index is 0.00732.